The van der Waals surface area contributed by atoms with E-state index in [4.69, 9.17) is 4.74 Å². The zero-order valence-corrected chi connectivity index (χ0v) is 9.97. The molecule has 15 heavy (non-hydrogen) atoms. The van der Waals surface area contributed by atoms with Gasteiger partial charge >= 0.3 is 0 Å². The highest BCUT2D eigenvalue weighted by atomic mass is 16.5. The summed E-state index contributed by atoms with van der Waals surface area (Å²) >= 11 is 0. The molecule has 1 heteroatoms. The number of ether oxygens (including phenoxy) is 1. The molecule has 0 saturated heterocycles. The SMILES string of the molecule is COc1cccc2c1C(C)(C)CCCC2. The number of methoxy groups -OCH3 is 1. The highest BCUT2D eigenvalue weighted by Gasteiger charge is 2.28. The van der Waals surface area contributed by atoms with Crippen LogP contribution in [0.2, 0.25) is 0 Å². The summed E-state index contributed by atoms with van der Waals surface area (Å²) in [6.45, 7) is 4.67. The van der Waals surface area contributed by atoms with Crippen LogP contribution in [0, 0.1) is 0 Å². The van der Waals surface area contributed by atoms with E-state index in [1.165, 1.54) is 36.8 Å². The zero-order valence-electron chi connectivity index (χ0n) is 9.97. The first-order valence-corrected chi connectivity index (χ1v) is 5.81. The molecule has 1 aliphatic carbocycles. The van der Waals surface area contributed by atoms with E-state index in [1.54, 1.807) is 7.11 Å². The van der Waals surface area contributed by atoms with Crippen LogP contribution in [0.25, 0.3) is 0 Å². The third kappa shape index (κ3) is 1.88. The number of benzene rings is 1. The average Bonchev–Trinajstić information content (AvgIpc) is 2.37. The van der Waals surface area contributed by atoms with Gasteiger partial charge in [0, 0.05) is 5.56 Å². The molecule has 0 atom stereocenters. The van der Waals surface area contributed by atoms with E-state index in [0.717, 1.165) is 5.75 Å². The molecule has 0 N–H and O–H groups in total. The lowest BCUT2D eigenvalue weighted by atomic mass is 9.79. The molecule has 0 heterocycles. The van der Waals surface area contributed by atoms with Gasteiger partial charge in [-0.05, 0) is 36.3 Å². The Balaban J connectivity index is 2.57. The lowest BCUT2D eigenvalue weighted by Gasteiger charge is -2.27. The van der Waals surface area contributed by atoms with Crippen molar-refractivity contribution in [2.45, 2.75) is 44.9 Å². The maximum Gasteiger partial charge on any atom is 0.122 e. The smallest absolute Gasteiger partial charge is 0.122 e. The van der Waals surface area contributed by atoms with Crippen LogP contribution < -0.4 is 4.74 Å². The molecule has 0 unspecified atom stereocenters. The molecular formula is C14H20O. The highest BCUT2D eigenvalue weighted by Crippen LogP contribution is 2.40. The van der Waals surface area contributed by atoms with Crippen molar-refractivity contribution in [3.8, 4) is 5.75 Å². The van der Waals surface area contributed by atoms with Gasteiger partial charge in [0.1, 0.15) is 5.75 Å². The predicted molar refractivity (Wildman–Crippen MR) is 63.6 cm³/mol. The highest BCUT2D eigenvalue weighted by molar-refractivity contribution is 5.45. The van der Waals surface area contributed by atoms with E-state index in [9.17, 15) is 0 Å². The fourth-order valence-electron chi connectivity index (χ4n) is 2.73. The molecular weight excluding hydrogens is 184 g/mol. The van der Waals surface area contributed by atoms with Gasteiger partial charge in [0.05, 0.1) is 7.11 Å². The van der Waals surface area contributed by atoms with Crippen molar-refractivity contribution in [3.05, 3.63) is 29.3 Å². The van der Waals surface area contributed by atoms with Crippen LogP contribution in [0.4, 0.5) is 0 Å². The van der Waals surface area contributed by atoms with Crippen LogP contribution in [0.3, 0.4) is 0 Å². The van der Waals surface area contributed by atoms with Gasteiger partial charge < -0.3 is 4.74 Å². The summed E-state index contributed by atoms with van der Waals surface area (Å²) in [6, 6.07) is 6.45. The van der Waals surface area contributed by atoms with Crippen LogP contribution in [-0.4, -0.2) is 7.11 Å². The van der Waals surface area contributed by atoms with Gasteiger partial charge in [0.25, 0.3) is 0 Å². The molecule has 0 radical (unpaired) electrons. The van der Waals surface area contributed by atoms with E-state index in [-0.39, 0.29) is 5.41 Å². The molecule has 0 saturated carbocycles. The number of hydrogen-bond donors (Lipinski definition) is 0. The van der Waals surface area contributed by atoms with Gasteiger partial charge in [-0.3, -0.25) is 0 Å². The first-order valence-electron chi connectivity index (χ1n) is 5.81. The second kappa shape index (κ2) is 3.88. The molecule has 1 aromatic rings. The van der Waals surface area contributed by atoms with Crippen molar-refractivity contribution in [1.29, 1.82) is 0 Å². The lowest BCUT2D eigenvalue weighted by molar-refractivity contribution is 0.384. The van der Waals surface area contributed by atoms with Gasteiger partial charge in [-0.15, -0.1) is 0 Å². The molecule has 82 valence electrons. The standard InChI is InChI=1S/C14H20O/c1-14(2)10-5-4-7-11-8-6-9-12(15-3)13(11)14/h6,8-9H,4-5,7,10H2,1-3H3. The van der Waals surface area contributed by atoms with E-state index in [0.29, 0.717) is 0 Å². The van der Waals surface area contributed by atoms with E-state index >= 15 is 0 Å². The van der Waals surface area contributed by atoms with Crippen molar-refractivity contribution in [2.75, 3.05) is 7.11 Å². The minimum atomic E-state index is 0.262. The first kappa shape index (κ1) is 10.5. The Bertz CT molecular complexity index is 352. The van der Waals surface area contributed by atoms with Gasteiger partial charge in [-0.25, -0.2) is 0 Å². The predicted octanol–water partition coefficient (Wildman–Crippen LogP) is 3.70. The maximum absolute atomic E-state index is 5.50. The summed E-state index contributed by atoms with van der Waals surface area (Å²) in [7, 11) is 1.77. The molecule has 0 aliphatic heterocycles. The van der Waals surface area contributed by atoms with Crippen LogP contribution in [0.15, 0.2) is 18.2 Å². The summed E-state index contributed by atoms with van der Waals surface area (Å²) in [4.78, 5) is 0. The summed E-state index contributed by atoms with van der Waals surface area (Å²) < 4.78 is 5.50. The van der Waals surface area contributed by atoms with Crippen molar-refractivity contribution >= 4 is 0 Å². The number of rotatable bonds is 1. The Morgan fingerprint density at radius 2 is 2.00 bits per heavy atom. The minimum absolute atomic E-state index is 0.262. The quantitative estimate of drug-likeness (QED) is 0.634. The lowest BCUT2D eigenvalue weighted by Crippen LogP contribution is -2.18. The van der Waals surface area contributed by atoms with E-state index in [2.05, 4.69) is 32.0 Å². The van der Waals surface area contributed by atoms with E-state index < -0.39 is 0 Å². The van der Waals surface area contributed by atoms with Gasteiger partial charge in [-0.1, -0.05) is 32.4 Å². The third-order valence-electron chi connectivity index (χ3n) is 3.51. The number of hydrogen-bond acceptors (Lipinski definition) is 1. The molecule has 0 amide bonds. The van der Waals surface area contributed by atoms with Crippen molar-refractivity contribution in [1.82, 2.24) is 0 Å². The second-order valence-electron chi connectivity index (χ2n) is 5.09. The zero-order chi connectivity index (χ0) is 10.9. The van der Waals surface area contributed by atoms with Gasteiger partial charge in [-0.2, -0.15) is 0 Å². The first-order chi connectivity index (χ1) is 7.15. The van der Waals surface area contributed by atoms with Gasteiger partial charge in [0.2, 0.25) is 0 Å². The summed E-state index contributed by atoms with van der Waals surface area (Å²) in [6.07, 6.45) is 5.10. The summed E-state index contributed by atoms with van der Waals surface area (Å²) in [5, 5.41) is 0. The number of aryl methyl sites for hydroxylation is 1. The van der Waals surface area contributed by atoms with E-state index in [1.807, 2.05) is 0 Å². The average molecular weight is 204 g/mol. The fourth-order valence-corrected chi connectivity index (χ4v) is 2.73. The Labute approximate surface area is 92.5 Å². The third-order valence-corrected chi connectivity index (χ3v) is 3.51. The Morgan fingerprint density at radius 1 is 1.20 bits per heavy atom. The topological polar surface area (TPSA) is 9.23 Å². The van der Waals surface area contributed by atoms with Crippen LogP contribution >= 0.6 is 0 Å². The molecule has 1 nitrogen and oxygen atoms in total. The minimum Gasteiger partial charge on any atom is -0.496 e. The fraction of sp³-hybridized carbons (Fsp3) is 0.571. The largest absolute Gasteiger partial charge is 0.496 e. The van der Waals surface area contributed by atoms with Crippen LogP contribution in [0.5, 0.6) is 5.75 Å². The molecule has 2 rings (SSSR count). The summed E-state index contributed by atoms with van der Waals surface area (Å²) in [5.74, 6) is 1.07. The maximum atomic E-state index is 5.50. The van der Waals surface area contributed by atoms with Gasteiger partial charge in [0.15, 0.2) is 0 Å². The molecule has 1 aromatic carbocycles. The second-order valence-corrected chi connectivity index (χ2v) is 5.09. The van der Waals surface area contributed by atoms with Crippen molar-refractivity contribution in [2.24, 2.45) is 0 Å². The Hall–Kier alpha value is -0.980. The van der Waals surface area contributed by atoms with Crippen LogP contribution in [-0.2, 0) is 11.8 Å². The molecule has 0 fully saturated rings. The monoisotopic (exact) mass is 204 g/mol. The normalized spacial score (nSPS) is 19.1. The van der Waals surface area contributed by atoms with Crippen molar-refractivity contribution < 1.29 is 4.74 Å². The Kier molecular flexibility index (Phi) is 2.72. The van der Waals surface area contributed by atoms with Crippen molar-refractivity contribution in [3.63, 3.8) is 0 Å². The molecule has 0 bridgehead atoms. The molecule has 0 spiro atoms. The summed E-state index contributed by atoms with van der Waals surface area (Å²) in [5.41, 5.74) is 3.18. The molecule has 0 aromatic heterocycles. The Morgan fingerprint density at radius 3 is 2.73 bits per heavy atom. The van der Waals surface area contributed by atoms with Crippen LogP contribution in [0.1, 0.15) is 44.2 Å². The molecule has 1 aliphatic rings. The number of fused-ring (bicyclic) bond motifs is 1.